The number of aromatic nitrogens is 1. The van der Waals surface area contributed by atoms with Crippen LogP contribution < -0.4 is 14.8 Å². The van der Waals surface area contributed by atoms with Crippen molar-refractivity contribution in [1.29, 1.82) is 0 Å². The van der Waals surface area contributed by atoms with E-state index in [1.165, 1.54) is 0 Å². The number of fused-ring (bicyclic) bond motifs is 1. The third kappa shape index (κ3) is 2.30. The first-order valence-electron chi connectivity index (χ1n) is 6.37. The van der Waals surface area contributed by atoms with Crippen LogP contribution in [0.3, 0.4) is 0 Å². The van der Waals surface area contributed by atoms with E-state index in [0.717, 1.165) is 5.56 Å². The first-order chi connectivity index (χ1) is 9.75. The van der Waals surface area contributed by atoms with Crippen LogP contribution in [0.5, 0.6) is 11.5 Å². The number of ether oxygens (including phenoxy) is 2. The van der Waals surface area contributed by atoms with Crippen molar-refractivity contribution in [2.75, 3.05) is 18.5 Å². The standard InChI is InChI=1S/C15H14N2O3/c1-10-4-3-7-16-14(10)17-15(18)11-5-2-6-12-13(11)20-9-8-19-12/h2-7H,8-9H2,1H3,(H,16,17,18). The fourth-order valence-corrected chi connectivity index (χ4v) is 2.04. The second-order valence-electron chi connectivity index (χ2n) is 4.45. The third-order valence-corrected chi connectivity index (χ3v) is 3.05. The first-order valence-corrected chi connectivity index (χ1v) is 6.37. The number of nitrogens with zero attached hydrogens (tertiary/aromatic N) is 1. The van der Waals surface area contributed by atoms with E-state index in [-0.39, 0.29) is 5.91 Å². The molecule has 1 N–H and O–H groups in total. The summed E-state index contributed by atoms with van der Waals surface area (Å²) in [5.74, 6) is 1.38. The molecule has 0 spiro atoms. The highest BCUT2D eigenvalue weighted by Crippen LogP contribution is 2.33. The normalized spacial score (nSPS) is 12.8. The molecule has 1 aliphatic heterocycles. The van der Waals surface area contributed by atoms with E-state index >= 15 is 0 Å². The van der Waals surface area contributed by atoms with Gasteiger partial charge in [-0.3, -0.25) is 4.79 Å². The molecule has 0 saturated carbocycles. The molecule has 0 bridgehead atoms. The lowest BCUT2D eigenvalue weighted by Gasteiger charge is -2.20. The molecular formula is C15H14N2O3. The summed E-state index contributed by atoms with van der Waals surface area (Å²) >= 11 is 0. The van der Waals surface area contributed by atoms with Crippen LogP contribution in [0.25, 0.3) is 0 Å². The summed E-state index contributed by atoms with van der Waals surface area (Å²) in [6, 6.07) is 8.99. The number of pyridine rings is 1. The lowest BCUT2D eigenvalue weighted by Crippen LogP contribution is -2.20. The van der Waals surface area contributed by atoms with Gasteiger partial charge < -0.3 is 14.8 Å². The Morgan fingerprint density at radius 3 is 2.90 bits per heavy atom. The maximum absolute atomic E-state index is 12.4. The molecule has 20 heavy (non-hydrogen) atoms. The molecule has 1 aromatic carbocycles. The Morgan fingerprint density at radius 2 is 2.05 bits per heavy atom. The molecule has 1 aliphatic rings. The van der Waals surface area contributed by atoms with E-state index in [1.807, 2.05) is 19.1 Å². The fraction of sp³-hybridized carbons (Fsp3) is 0.200. The maximum atomic E-state index is 12.4. The highest BCUT2D eigenvalue weighted by molar-refractivity contribution is 6.06. The van der Waals surface area contributed by atoms with Gasteiger partial charge in [-0.05, 0) is 30.7 Å². The van der Waals surface area contributed by atoms with Gasteiger partial charge in [0.2, 0.25) is 0 Å². The van der Waals surface area contributed by atoms with Crippen LogP contribution in [0.2, 0.25) is 0 Å². The van der Waals surface area contributed by atoms with Gasteiger partial charge in [0.05, 0.1) is 5.56 Å². The number of amides is 1. The van der Waals surface area contributed by atoms with Crippen molar-refractivity contribution in [2.24, 2.45) is 0 Å². The van der Waals surface area contributed by atoms with E-state index in [4.69, 9.17) is 9.47 Å². The SMILES string of the molecule is Cc1cccnc1NC(=O)c1cccc2c1OCCO2. The highest BCUT2D eigenvalue weighted by atomic mass is 16.6. The summed E-state index contributed by atoms with van der Waals surface area (Å²) in [4.78, 5) is 16.5. The van der Waals surface area contributed by atoms with Crippen molar-refractivity contribution < 1.29 is 14.3 Å². The third-order valence-electron chi connectivity index (χ3n) is 3.05. The molecule has 0 unspecified atom stereocenters. The van der Waals surface area contributed by atoms with Gasteiger partial charge in [-0.1, -0.05) is 12.1 Å². The maximum Gasteiger partial charge on any atom is 0.260 e. The summed E-state index contributed by atoms with van der Waals surface area (Å²) in [5.41, 5.74) is 1.36. The summed E-state index contributed by atoms with van der Waals surface area (Å²) in [7, 11) is 0. The number of nitrogens with one attached hydrogen (secondary N) is 1. The van der Waals surface area contributed by atoms with Gasteiger partial charge in [0.15, 0.2) is 11.5 Å². The number of carbonyl (C=O) groups excluding carboxylic acids is 1. The molecule has 5 heteroatoms. The van der Waals surface area contributed by atoms with Crippen molar-refractivity contribution >= 4 is 11.7 Å². The smallest absolute Gasteiger partial charge is 0.260 e. The Balaban J connectivity index is 1.90. The summed E-state index contributed by atoms with van der Waals surface area (Å²) < 4.78 is 11.0. The molecule has 0 atom stereocenters. The van der Waals surface area contributed by atoms with Gasteiger partial charge in [0.1, 0.15) is 19.0 Å². The van der Waals surface area contributed by atoms with E-state index in [0.29, 0.717) is 36.1 Å². The van der Waals surface area contributed by atoms with Gasteiger partial charge in [-0.25, -0.2) is 4.98 Å². The molecule has 0 saturated heterocycles. The van der Waals surface area contributed by atoms with Crippen LogP contribution in [0.1, 0.15) is 15.9 Å². The largest absolute Gasteiger partial charge is 0.486 e. The topological polar surface area (TPSA) is 60.5 Å². The average Bonchev–Trinajstić information content (AvgIpc) is 2.49. The minimum Gasteiger partial charge on any atom is -0.486 e. The van der Waals surface area contributed by atoms with Gasteiger partial charge >= 0.3 is 0 Å². The fourth-order valence-electron chi connectivity index (χ4n) is 2.04. The van der Waals surface area contributed by atoms with Gasteiger partial charge in [-0.15, -0.1) is 0 Å². The zero-order valence-corrected chi connectivity index (χ0v) is 11.1. The van der Waals surface area contributed by atoms with Crippen LogP contribution in [0, 0.1) is 6.92 Å². The summed E-state index contributed by atoms with van der Waals surface area (Å²) in [6.07, 6.45) is 1.64. The second kappa shape index (κ2) is 5.21. The van der Waals surface area contributed by atoms with Crippen LogP contribution >= 0.6 is 0 Å². The number of rotatable bonds is 2. The minimum absolute atomic E-state index is 0.255. The zero-order chi connectivity index (χ0) is 13.9. The second-order valence-corrected chi connectivity index (χ2v) is 4.45. The van der Waals surface area contributed by atoms with Crippen molar-refractivity contribution in [3.63, 3.8) is 0 Å². The van der Waals surface area contributed by atoms with Crippen LogP contribution in [-0.2, 0) is 0 Å². The molecule has 2 heterocycles. The van der Waals surface area contributed by atoms with Gasteiger partial charge in [0, 0.05) is 6.20 Å². The Bertz CT molecular complexity index is 655. The van der Waals surface area contributed by atoms with E-state index < -0.39 is 0 Å². The van der Waals surface area contributed by atoms with Crippen LogP contribution in [0.4, 0.5) is 5.82 Å². The van der Waals surface area contributed by atoms with E-state index in [9.17, 15) is 4.79 Å². The number of hydrogen-bond donors (Lipinski definition) is 1. The number of hydrogen-bond acceptors (Lipinski definition) is 4. The highest BCUT2D eigenvalue weighted by Gasteiger charge is 2.20. The predicted molar refractivity (Wildman–Crippen MR) is 74.4 cm³/mol. The molecule has 1 aromatic heterocycles. The van der Waals surface area contributed by atoms with Gasteiger partial charge in [-0.2, -0.15) is 0 Å². The first kappa shape index (κ1) is 12.5. The van der Waals surface area contributed by atoms with E-state index in [2.05, 4.69) is 10.3 Å². The average molecular weight is 270 g/mol. The molecule has 3 rings (SSSR count). The number of para-hydroxylation sites is 1. The van der Waals surface area contributed by atoms with Gasteiger partial charge in [0.25, 0.3) is 5.91 Å². The quantitative estimate of drug-likeness (QED) is 0.910. The summed E-state index contributed by atoms with van der Waals surface area (Å²) in [5, 5.41) is 2.79. The van der Waals surface area contributed by atoms with E-state index in [1.54, 1.807) is 24.4 Å². The predicted octanol–water partition coefficient (Wildman–Crippen LogP) is 2.41. The van der Waals surface area contributed by atoms with Crippen LogP contribution in [0.15, 0.2) is 36.5 Å². The lowest BCUT2D eigenvalue weighted by atomic mass is 10.1. The monoisotopic (exact) mass is 270 g/mol. The summed E-state index contributed by atoms with van der Waals surface area (Å²) in [6.45, 7) is 2.83. The molecule has 1 amide bonds. The number of anilines is 1. The molecule has 0 fully saturated rings. The van der Waals surface area contributed by atoms with Crippen molar-refractivity contribution in [3.8, 4) is 11.5 Å². The molecule has 0 aliphatic carbocycles. The number of carbonyl (C=O) groups is 1. The number of benzene rings is 1. The Hall–Kier alpha value is -2.56. The Morgan fingerprint density at radius 1 is 1.20 bits per heavy atom. The Kier molecular flexibility index (Phi) is 3.25. The molecule has 102 valence electrons. The zero-order valence-electron chi connectivity index (χ0n) is 11.1. The molecular weight excluding hydrogens is 256 g/mol. The molecule has 5 nitrogen and oxygen atoms in total. The molecule has 2 aromatic rings. The minimum atomic E-state index is -0.255. The number of aryl methyl sites for hydroxylation is 1. The van der Waals surface area contributed by atoms with Crippen molar-refractivity contribution in [2.45, 2.75) is 6.92 Å². The molecule has 0 radical (unpaired) electrons. The lowest BCUT2D eigenvalue weighted by molar-refractivity contribution is 0.101. The van der Waals surface area contributed by atoms with Crippen molar-refractivity contribution in [1.82, 2.24) is 4.98 Å². The van der Waals surface area contributed by atoms with Crippen molar-refractivity contribution in [3.05, 3.63) is 47.7 Å². The van der Waals surface area contributed by atoms with Crippen LogP contribution in [-0.4, -0.2) is 24.1 Å². The Labute approximate surface area is 116 Å².